The summed E-state index contributed by atoms with van der Waals surface area (Å²) in [6, 6.07) is 8.32. The van der Waals surface area contributed by atoms with Crippen molar-refractivity contribution in [3.63, 3.8) is 0 Å². The van der Waals surface area contributed by atoms with Crippen LogP contribution in [0.1, 0.15) is 23.1 Å². The molecule has 0 aliphatic carbocycles. The van der Waals surface area contributed by atoms with Crippen LogP contribution in [0.15, 0.2) is 53.0 Å². The first-order valence-electron chi connectivity index (χ1n) is 5.30. The second kappa shape index (κ2) is 5.68. The molecule has 84 valence electrons. The normalized spacial score (nSPS) is 12.5. The summed E-state index contributed by atoms with van der Waals surface area (Å²) in [5.74, 6) is 0.969. The van der Waals surface area contributed by atoms with E-state index in [4.69, 9.17) is 4.42 Å². The predicted molar refractivity (Wildman–Crippen MR) is 67.4 cm³/mol. The van der Waals surface area contributed by atoms with Gasteiger partial charge in [0.1, 0.15) is 5.76 Å². The summed E-state index contributed by atoms with van der Waals surface area (Å²) in [5, 5.41) is 5.56. The zero-order valence-corrected chi connectivity index (χ0v) is 9.87. The summed E-state index contributed by atoms with van der Waals surface area (Å²) in [6.07, 6.45) is 4.49. The highest BCUT2D eigenvalue weighted by Gasteiger charge is 2.11. The van der Waals surface area contributed by atoms with E-state index in [0.29, 0.717) is 0 Å². The molecule has 0 radical (unpaired) electrons. The number of rotatable bonds is 6. The fourth-order valence-corrected chi connectivity index (χ4v) is 2.25. The van der Waals surface area contributed by atoms with Gasteiger partial charge in [0.2, 0.25) is 0 Å². The maximum Gasteiger partial charge on any atom is 0.120 e. The maximum absolute atomic E-state index is 5.41. The molecular weight excluding hydrogens is 218 g/mol. The standard InChI is InChI=1S/C13H15NOS/c1-2-5-12(13-7-3-8-15-13)14-10-11-6-4-9-16-11/h2-4,6-9,12,14H,1,5,10H2. The Kier molecular flexibility index (Phi) is 3.97. The Hall–Kier alpha value is -1.32. The van der Waals surface area contributed by atoms with Crippen molar-refractivity contribution in [1.29, 1.82) is 0 Å². The minimum Gasteiger partial charge on any atom is -0.468 e. The van der Waals surface area contributed by atoms with Crippen molar-refractivity contribution in [1.82, 2.24) is 5.32 Å². The molecule has 2 aromatic heterocycles. The van der Waals surface area contributed by atoms with E-state index in [0.717, 1.165) is 18.7 Å². The van der Waals surface area contributed by atoms with Crippen molar-refractivity contribution in [3.8, 4) is 0 Å². The molecule has 0 spiro atoms. The van der Waals surface area contributed by atoms with Crippen LogP contribution in [0.5, 0.6) is 0 Å². The molecule has 0 amide bonds. The minimum absolute atomic E-state index is 0.217. The van der Waals surface area contributed by atoms with Crippen molar-refractivity contribution >= 4 is 11.3 Å². The van der Waals surface area contributed by atoms with Gasteiger partial charge in [0, 0.05) is 11.4 Å². The third kappa shape index (κ3) is 2.84. The first-order chi connectivity index (χ1) is 7.90. The number of thiophene rings is 1. The number of hydrogen-bond acceptors (Lipinski definition) is 3. The van der Waals surface area contributed by atoms with Gasteiger partial charge in [-0.05, 0) is 30.0 Å². The van der Waals surface area contributed by atoms with Gasteiger partial charge in [0.15, 0.2) is 0 Å². The highest BCUT2D eigenvalue weighted by atomic mass is 32.1. The van der Waals surface area contributed by atoms with Crippen LogP contribution in [-0.4, -0.2) is 0 Å². The molecular formula is C13H15NOS. The van der Waals surface area contributed by atoms with Gasteiger partial charge in [0.05, 0.1) is 12.3 Å². The van der Waals surface area contributed by atoms with Crippen molar-refractivity contribution in [2.45, 2.75) is 19.0 Å². The zero-order chi connectivity index (χ0) is 11.2. The van der Waals surface area contributed by atoms with E-state index >= 15 is 0 Å². The molecule has 0 aromatic carbocycles. The predicted octanol–water partition coefficient (Wildman–Crippen LogP) is 3.75. The van der Waals surface area contributed by atoms with E-state index in [1.807, 2.05) is 18.2 Å². The van der Waals surface area contributed by atoms with Crippen LogP contribution in [-0.2, 0) is 6.54 Å². The number of furan rings is 1. The van der Waals surface area contributed by atoms with Crippen molar-refractivity contribution in [3.05, 3.63) is 59.2 Å². The molecule has 0 bridgehead atoms. The molecule has 1 N–H and O–H groups in total. The van der Waals surface area contributed by atoms with Crippen molar-refractivity contribution in [2.75, 3.05) is 0 Å². The van der Waals surface area contributed by atoms with Gasteiger partial charge in [0.25, 0.3) is 0 Å². The molecule has 0 saturated heterocycles. The third-order valence-electron chi connectivity index (χ3n) is 2.39. The van der Waals surface area contributed by atoms with Crippen molar-refractivity contribution < 1.29 is 4.42 Å². The molecule has 1 atom stereocenters. The molecule has 2 aromatic rings. The topological polar surface area (TPSA) is 25.2 Å². The lowest BCUT2D eigenvalue weighted by molar-refractivity contribution is 0.414. The smallest absolute Gasteiger partial charge is 0.120 e. The number of nitrogens with one attached hydrogen (secondary N) is 1. The molecule has 2 heterocycles. The molecule has 2 rings (SSSR count). The molecule has 0 saturated carbocycles. The van der Waals surface area contributed by atoms with Crippen LogP contribution in [0, 0.1) is 0 Å². The second-order valence-electron chi connectivity index (χ2n) is 3.55. The lowest BCUT2D eigenvalue weighted by Gasteiger charge is -2.13. The Bertz CT molecular complexity index is 405. The maximum atomic E-state index is 5.41. The second-order valence-corrected chi connectivity index (χ2v) is 4.58. The summed E-state index contributed by atoms with van der Waals surface area (Å²) in [7, 11) is 0. The summed E-state index contributed by atoms with van der Waals surface area (Å²) in [6.45, 7) is 4.65. The SMILES string of the molecule is C=CCC(NCc1cccs1)c1ccco1. The zero-order valence-electron chi connectivity index (χ0n) is 9.06. The molecule has 16 heavy (non-hydrogen) atoms. The lowest BCUT2D eigenvalue weighted by atomic mass is 10.1. The van der Waals surface area contributed by atoms with Gasteiger partial charge >= 0.3 is 0 Å². The highest BCUT2D eigenvalue weighted by Crippen LogP contribution is 2.19. The van der Waals surface area contributed by atoms with Gasteiger partial charge in [-0.15, -0.1) is 17.9 Å². The van der Waals surface area contributed by atoms with Crippen LogP contribution in [0.3, 0.4) is 0 Å². The first-order valence-corrected chi connectivity index (χ1v) is 6.18. The average Bonchev–Trinajstić information content (AvgIpc) is 2.96. The van der Waals surface area contributed by atoms with Crippen LogP contribution in [0.4, 0.5) is 0 Å². The van der Waals surface area contributed by atoms with Gasteiger partial charge in [-0.2, -0.15) is 0 Å². The summed E-state index contributed by atoms with van der Waals surface area (Å²) in [4.78, 5) is 1.33. The Morgan fingerprint density at radius 1 is 1.44 bits per heavy atom. The fraction of sp³-hybridized carbons (Fsp3) is 0.231. The lowest BCUT2D eigenvalue weighted by Crippen LogP contribution is -2.19. The van der Waals surface area contributed by atoms with Crippen molar-refractivity contribution in [2.24, 2.45) is 0 Å². The Morgan fingerprint density at radius 2 is 2.38 bits per heavy atom. The summed E-state index contributed by atoms with van der Waals surface area (Å²) < 4.78 is 5.41. The largest absolute Gasteiger partial charge is 0.468 e. The molecule has 0 fully saturated rings. The minimum atomic E-state index is 0.217. The van der Waals surface area contributed by atoms with E-state index in [-0.39, 0.29) is 6.04 Å². The van der Waals surface area contributed by atoms with Crippen LogP contribution in [0.2, 0.25) is 0 Å². The van der Waals surface area contributed by atoms with E-state index in [1.54, 1.807) is 17.6 Å². The highest BCUT2D eigenvalue weighted by molar-refractivity contribution is 7.09. The van der Waals surface area contributed by atoms with Crippen LogP contribution < -0.4 is 5.32 Å². The molecule has 3 heteroatoms. The van der Waals surface area contributed by atoms with Gasteiger partial charge < -0.3 is 9.73 Å². The molecule has 0 aliphatic heterocycles. The average molecular weight is 233 g/mol. The van der Waals surface area contributed by atoms with Gasteiger partial charge in [-0.25, -0.2) is 0 Å². The number of hydrogen-bond donors (Lipinski definition) is 1. The van der Waals surface area contributed by atoms with E-state index in [9.17, 15) is 0 Å². The van der Waals surface area contributed by atoms with E-state index < -0.39 is 0 Å². The van der Waals surface area contributed by atoms with Gasteiger partial charge in [-0.3, -0.25) is 0 Å². The Morgan fingerprint density at radius 3 is 3.00 bits per heavy atom. The van der Waals surface area contributed by atoms with Crippen LogP contribution in [0.25, 0.3) is 0 Å². The van der Waals surface area contributed by atoms with E-state index in [2.05, 4.69) is 29.4 Å². The first kappa shape index (κ1) is 11.2. The molecule has 1 unspecified atom stereocenters. The Labute approximate surface area is 99.6 Å². The molecule has 0 aliphatic rings. The Balaban J connectivity index is 1.95. The quantitative estimate of drug-likeness (QED) is 0.769. The van der Waals surface area contributed by atoms with E-state index in [1.165, 1.54) is 4.88 Å². The van der Waals surface area contributed by atoms with Crippen LogP contribution >= 0.6 is 11.3 Å². The van der Waals surface area contributed by atoms with Gasteiger partial charge in [-0.1, -0.05) is 12.1 Å². The summed E-state index contributed by atoms with van der Waals surface area (Å²) >= 11 is 1.76. The monoisotopic (exact) mass is 233 g/mol. The summed E-state index contributed by atoms with van der Waals surface area (Å²) in [5.41, 5.74) is 0. The fourth-order valence-electron chi connectivity index (χ4n) is 1.59. The molecule has 2 nitrogen and oxygen atoms in total. The third-order valence-corrected chi connectivity index (χ3v) is 3.27.